The molecule has 0 radical (unpaired) electrons. The summed E-state index contributed by atoms with van der Waals surface area (Å²) < 4.78 is 26.6. The smallest absolute Gasteiger partial charge is 0.220 e. The minimum absolute atomic E-state index is 0.0476. The molecule has 0 aromatic heterocycles. The molecule has 2 rings (SSSR count). The molecule has 3 nitrogen and oxygen atoms in total. The number of rotatable bonds is 4. The van der Waals surface area contributed by atoms with Crippen LogP contribution in [0.15, 0.2) is 18.2 Å². The normalized spacial score (nSPS) is 20.8. The minimum Gasteiger partial charge on any atom is -0.352 e. The number of hydrogen-bond acceptors (Lipinski definition) is 2. The zero-order chi connectivity index (χ0) is 13.1. The highest BCUT2D eigenvalue weighted by molar-refractivity contribution is 5.78. The monoisotopic (exact) mass is 254 g/mol. The number of amides is 1. The van der Waals surface area contributed by atoms with Crippen molar-refractivity contribution in [1.29, 1.82) is 0 Å². The van der Waals surface area contributed by atoms with Gasteiger partial charge < -0.3 is 10.6 Å². The Balaban J connectivity index is 1.93. The van der Waals surface area contributed by atoms with Crippen molar-refractivity contribution in [3.8, 4) is 0 Å². The fourth-order valence-corrected chi connectivity index (χ4v) is 2.11. The summed E-state index contributed by atoms with van der Waals surface area (Å²) in [5.74, 6) is -0.826. The highest BCUT2D eigenvalue weighted by atomic mass is 19.1. The van der Waals surface area contributed by atoms with Crippen molar-refractivity contribution in [3.63, 3.8) is 0 Å². The second-order valence-corrected chi connectivity index (χ2v) is 4.60. The molecule has 1 amide bonds. The Morgan fingerprint density at radius 2 is 2.28 bits per heavy atom. The lowest BCUT2D eigenvalue weighted by Crippen LogP contribution is -2.36. The lowest BCUT2D eigenvalue weighted by atomic mass is 10.1. The first-order valence-electron chi connectivity index (χ1n) is 6.04. The van der Waals surface area contributed by atoms with Crippen LogP contribution in [0.5, 0.6) is 0 Å². The number of benzene rings is 1. The molecule has 1 aromatic carbocycles. The molecule has 5 heteroatoms. The number of carbonyl (C=O) groups excluding carboxylic acids is 1. The van der Waals surface area contributed by atoms with Crippen LogP contribution in [0.25, 0.3) is 0 Å². The van der Waals surface area contributed by atoms with Gasteiger partial charge in [0.1, 0.15) is 11.6 Å². The maximum atomic E-state index is 13.5. The second-order valence-electron chi connectivity index (χ2n) is 4.60. The Bertz CT molecular complexity index is 451. The van der Waals surface area contributed by atoms with E-state index in [9.17, 15) is 13.6 Å². The maximum absolute atomic E-state index is 13.5. The molecule has 18 heavy (non-hydrogen) atoms. The summed E-state index contributed by atoms with van der Waals surface area (Å²) in [5, 5.41) is 5.93. The maximum Gasteiger partial charge on any atom is 0.220 e. The molecule has 98 valence electrons. The van der Waals surface area contributed by atoms with Gasteiger partial charge in [0.15, 0.2) is 0 Å². The van der Waals surface area contributed by atoms with E-state index in [1.165, 1.54) is 6.07 Å². The molecular formula is C13H16F2N2O. The van der Waals surface area contributed by atoms with Gasteiger partial charge in [-0.2, -0.15) is 0 Å². The van der Waals surface area contributed by atoms with Crippen molar-refractivity contribution >= 4 is 5.91 Å². The summed E-state index contributed by atoms with van der Waals surface area (Å²) in [7, 11) is 0. The number of halogens is 2. The van der Waals surface area contributed by atoms with E-state index in [1.54, 1.807) is 6.92 Å². The molecule has 1 heterocycles. The summed E-state index contributed by atoms with van der Waals surface area (Å²) in [6, 6.07) is 3.21. The summed E-state index contributed by atoms with van der Waals surface area (Å²) >= 11 is 0. The quantitative estimate of drug-likeness (QED) is 0.861. The van der Waals surface area contributed by atoms with Crippen LogP contribution >= 0.6 is 0 Å². The van der Waals surface area contributed by atoms with Crippen LogP contribution < -0.4 is 10.6 Å². The summed E-state index contributed by atoms with van der Waals surface area (Å²) in [6.45, 7) is 2.33. The van der Waals surface area contributed by atoms with E-state index in [0.29, 0.717) is 18.5 Å². The molecule has 1 aromatic rings. The molecule has 2 unspecified atom stereocenters. The van der Waals surface area contributed by atoms with Crippen molar-refractivity contribution in [2.45, 2.75) is 31.8 Å². The van der Waals surface area contributed by atoms with E-state index >= 15 is 0 Å². The van der Waals surface area contributed by atoms with Gasteiger partial charge in [0, 0.05) is 30.6 Å². The largest absolute Gasteiger partial charge is 0.352 e. The first-order chi connectivity index (χ1) is 8.56. The Hall–Kier alpha value is -1.49. The van der Waals surface area contributed by atoms with E-state index in [4.69, 9.17) is 0 Å². The topological polar surface area (TPSA) is 41.1 Å². The van der Waals surface area contributed by atoms with E-state index in [1.807, 2.05) is 0 Å². The van der Waals surface area contributed by atoms with Crippen LogP contribution in [0.1, 0.15) is 31.4 Å². The zero-order valence-electron chi connectivity index (χ0n) is 10.2. The second kappa shape index (κ2) is 5.44. The average molecular weight is 254 g/mol. The van der Waals surface area contributed by atoms with Gasteiger partial charge in [0.05, 0.1) is 0 Å². The number of carbonyl (C=O) groups is 1. The highest BCUT2D eigenvalue weighted by Gasteiger charge is 2.21. The Labute approximate surface area is 105 Å². The number of hydrogen-bond donors (Lipinski definition) is 2. The van der Waals surface area contributed by atoms with Crippen LogP contribution in [0, 0.1) is 11.6 Å². The average Bonchev–Trinajstić information content (AvgIpc) is 2.75. The Morgan fingerprint density at radius 1 is 1.50 bits per heavy atom. The van der Waals surface area contributed by atoms with Gasteiger partial charge in [-0.3, -0.25) is 4.79 Å². The third kappa shape index (κ3) is 3.04. The van der Waals surface area contributed by atoms with Gasteiger partial charge in [-0.25, -0.2) is 8.78 Å². The third-order valence-electron chi connectivity index (χ3n) is 3.18. The molecule has 1 aliphatic heterocycles. The summed E-state index contributed by atoms with van der Waals surface area (Å²) in [4.78, 5) is 11.0. The predicted octanol–water partition coefficient (Wildman–Crippen LogP) is 1.89. The fourth-order valence-electron chi connectivity index (χ4n) is 2.11. The molecule has 0 bridgehead atoms. The van der Waals surface area contributed by atoms with Gasteiger partial charge in [0.25, 0.3) is 0 Å². The van der Waals surface area contributed by atoms with E-state index < -0.39 is 11.6 Å². The molecule has 0 aliphatic carbocycles. The van der Waals surface area contributed by atoms with Crippen molar-refractivity contribution in [3.05, 3.63) is 35.4 Å². The van der Waals surface area contributed by atoms with Crippen LogP contribution in [-0.2, 0) is 4.79 Å². The Kier molecular flexibility index (Phi) is 3.91. The molecule has 1 fully saturated rings. The van der Waals surface area contributed by atoms with Crippen LogP contribution in [-0.4, -0.2) is 18.5 Å². The standard InChI is InChI=1S/C13H16F2N2O/c1-8(11-6-9(14)2-4-12(11)15)16-7-10-3-5-13(18)17-10/h2,4,6,8,10,16H,3,5,7H2,1H3,(H,17,18). The van der Waals surface area contributed by atoms with E-state index in [0.717, 1.165) is 18.6 Å². The van der Waals surface area contributed by atoms with E-state index in [-0.39, 0.29) is 18.0 Å². The first-order valence-corrected chi connectivity index (χ1v) is 6.04. The zero-order valence-corrected chi connectivity index (χ0v) is 10.2. The highest BCUT2D eigenvalue weighted by Crippen LogP contribution is 2.18. The molecule has 0 saturated carbocycles. The van der Waals surface area contributed by atoms with E-state index in [2.05, 4.69) is 10.6 Å². The minimum atomic E-state index is -0.450. The van der Waals surface area contributed by atoms with Gasteiger partial charge >= 0.3 is 0 Å². The molecule has 1 saturated heterocycles. The van der Waals surface area contributed by atoms with Gasteiger partial charge in [-0.15, -0.1) is 0 Å². The van der Waals surface area contributed by atoms with Crippen molar-refractivity contribution in [2.75, 3.05) is 6.54 Å². The third-order valence-corrected chi connectivity index (χ3v) is 3.18. The molecular weight excluding hydrogens is 238 g/mol. The van der Waals surface area contributed by atoms with Gasteiger partial charge in [-0.1, -0.05) is 0 Å². The van der Waals surface area contributed by atoms with Gasteiger partial charge in [0.2, 0.25) is 5.91 Å². The molecule has 2 atom stereocenters. The molecule has 1 aliphatic rings. The number of nitrogens with one attached hydrogen (secondary N) is 2. The van der Waals surface area contributed by atoms with Crippen LogP contribution in [0.4, 0.5) is 8.78 Å². The molecule has 0 spiro atoms. The van der Waals surface area contributed by atoms with Crippen molar-refractivity contribution in [2.24, 2.45) is 0 Å². The van der Waals surface area contributed by atoms with Crippen molar-refractivity contribution in [1.82, 2.24) is 10.6 Å². The Morgan fingerprint density at radius 3 is 2.94 bits per heavy atom. The van der Waals surface area contributed by atoms with Crippen LogP contribution in [0.3, 0.4) is 0 Å². The van der Waals surface area contributed by atoms with Crippen molar-refractivity contribution < 1.29 is 13.6 Å². The fraction of sp³-hybridized carbons (Fsp3) is 0.462. The summed E-state index contributed by atoms with van der Waals surface area (Å²) in [5.41, 5.74) is 0.305. The molecule has 2 N–H and O–H groups in total. The first kappa shape index (κ1) is 13.0. The lowest BCUT2D eigenvalue weighted by Gasteiger charge is -2.18. The summed E-state index contributed by atoms with van der Waals surface area (Å²) in [6.07, 6.45) is 1.32. The SMILES string of the molecule is CC(NCC1CCC(=O)N1)c1cc(F)ccc1F. The van der Waals surface area contributed by atoms with Gasteiger partial charge in [-0.05, 0) is 31.5 Å². The lowest BCUT2D eigenvalue weighted by molar-refractivity contribution is -0.119. The van der Waals surface area contributed by atoms with Crippen LogP contribution in [0.2, 0.25) is 0 Å². The predicted molar refractivity (Wildman–Crippen MR) is 63.9 cm³/mol.